The summed E-state index contributed by atoms with van der Waals surface area (Å²) in [6.07, 6.45) is 4.88. The van der Waals surface area contributed by atoms with E-state index in [0.29, 0.717) is 6.04 Å². The van der Waals surface area contributed by atoms with Gasteiger partial charge in [0, 0.05) is 17.8 Å². The van der Waals surface area contributed by atoms with Gasteiger partial charge >= 0.3 is 6.09 Å². The first-order valence-corrected chi connectivity index (χ1v) is 8.70. The zero-order valence-electron chi connectivity index (χ0n) is 14.8. The van der Waals surface area contributed by atoms with E-state index >= 15 is 0 Å². The average Bonchev–Trinajstić information content (AvgIpc) is 2.48. The van der Waals surface area contributed by atoms with E-state index < -0.39 is 5.60 Å². The summed E-state index contributed by atoms with van der Waals surface area (Å²) in [5.74, 6) is 0. The number of amides is 1. The molecule has 4 heteroatoms. The Labute approximate surface area is 140 Å². The second-order valence-corrected chi connectivity index (χ2v) is 7.39. The van der Waals surface area contributed by atoms with Gasteiger partial charge in [0.25, 0.3) is 0 Å². The van der Waals surface area contributed by atoms with Gasteiger partial charge in [0.2, 0.25) is 0 Å². The molecule has 0 heterocycles. The molecule has 2 rings (SSSR count). The highest BCUT2D eigenvalue weighted by Crippen LogP contribution is 2.23. The lowest BCUT2D eigenvalue weighted by atomic mass is 9.91. The van der Waals surface area contributed by atoms with Crippen molar-refractivity contribution in [3.05, 3.63) is 29.8 Å². The van der Waals surface area contributed by atoms with Crippen LogP contribution in [0.2, 0.25) is 0 Å². The Morgan fingerprint density at radius 1 is 1.09 bits per heavy atom. The molecule has 23 heavy (non-hydrogen) atoms. The third-order valence-electron chi connectivity index (χ3n) is 4.18. The molecule has 128 valence electrons. The molecule has 1 saturated carbocycles. The molecule has 0 bridgehead atoms. The Hall–Kier alpha value is -1.71. The lowest BCUT2D eigenvalue weighted by Crippen LogP contribution is -2.42. The van der Waals surface area contributed by atoms with Gasteiger partial charge in [0.15, 0.2) is 0 Å². The van der Waals surface area contributed by atoms with Crippen molar-refractivity contribution in [3.63, 3.8) is 0 Å². The number of carbonyl (C=O) groups is 1. The Morgan fingerprint density at radius 3 is 2.17 bits per heavy atom. The molecule has 0 radical (unpaired) electrons. The van der Waals surface area contributed by atoms with E-state index in [0.717, 1.165) is 32.1 Å². The summed E-state index contributed by atoms with van der Waals surface area (Å²) < 4.78 is 5.32. The summed E-state index contributed by atoms with van der Waals surface area (Å²) in [5, 5.41) is 6.59. The number of nitrogens with one attached hydrogen (secondary N) is 2. The molecular weight excluding hydrogens is 288 g/mol. The van der Waals surface area contributed by atoms with Crippen LogP contribution in [-0.4, -0.2) is 23.8 Å². The second-order valence-electron chi connectivity index (χ2n) is 7.39. The summed E-state index contributed by atoms with van der Waals surface area (Å²) in [4.78, 5) is 11.8. The molecule has 1 aliphatic rings. The topological polar surface area (TPSA) is 50.4 Å². The number of anilines is 1. The highest BCUT2D eigenvalue weighted by molar-refractivity contribution is 5.68. The summed E-state index contributed by atoms with van der Waals surface area (Å²) in [6.45, 7) is 7.83. The molecule has 1 aromatic carbocycles. The molecular formula is C19H30N2O2. The quantitative estimate of drug-likeness (QED) is 0.859. The highest BCUT2D eigenvalue weighted by Gasteiger charge is 2.24. The Kier molecular flexibility index (Phi) is 5.91. The van der Waals surface area contributed by atoms with Crippen molar-refractivity contribution in [1.82, 2.24) is 5.32 Å². The molecule has 1 aromatic rings. The number of carbonyl (C=O) groups excluding carboxylic acids is 1. The Balaban J connectivity index is 1.74. The summed E-state index contributed by atoms with van der Waals surface area (Å²) in [5.41, 5.74) is 2.11. The van der Waals surface area contributed by atoms with Crippen molar-refractivity contribution < 1.29 is 9.53 Å². The number of alkyl carbamates (subject to hydrolysis) is 1. The molecule has 4 nitrogen and oxygen atoms in total. The van der Waals surface area contributed by atoms with Crippen LogP contribution in [0.5, 0.6) is 0 Å². The highest BCUT2D eigenvalue weighted by atomic mass is 16.6. The SMILES string of the molecule is CCc1ccc(NC2CCC(NC(=O)OC(C)(C)C)CC2)cc1. The van der Waals surface area contributed by atoms with Crippen LogP contribution in [0.25, 0.3) is 0 Å². The first-order chi connectivity index (χ1) is 10.9. The molecule has 0 atom stereocenters. The molecule has 0 spiro atoms. The van der Waals surface area contributed by atoms with Gasteiger partial charge in [-0.1, -0.05) is 19.1 Å². The largest absolute Gasteiger partial charge is 0.444 e. The maximum absolute atomic E-state index is 11.8. The van der Waals surface area contributed by atoms with E-state index in [1.807, 2.05) is 20.8 Å². The van der Waals surface area contributed by atoms with E-state index in [9.17, 15) is 4.79 Å². The zero-order chi connectivity index (χ0) is 16.9. The normalized spacial score (nSPS) is 21.6. The lowest BCUT2D eigenvalue weighted by Gasteiger charge is -2.31. The van der Waals surface area contributed by atoms with Gasteiger partial charge < -0.3 is 15.4 Å². The predicted molar refractivity (Wildman–Crippen MR) is 94.9 cm³/mol. The van der Waals surface area contributed by atoms with Gasteiger partial charge in [-0.25, -0.2) is 4.79 Å². The number of hydrogen-bond acceptors (Lipinski definition) is 3. The Bertz CT molecular complexity index is 497. The van der Waals surface area contributed by atoms with Crippen LogP contribution in [-0.2, 0) is 11.2 Å². The van der Waals surface area contributed by atoms with Crippen LogP contribution in [0.3, 0.4) is 0 Å². The van der Waals surface area contributed by atoms with E-state index in [1.165, 1.54) is 11.3 Å². The number of hydrogen-bond donors (Lipinski definition) is 2. The van der Waals surface area contributed by atoms with Crippen molar-refractivity contribution in [2.24, 2.45) is 0 Å². The minimum atomic E-state index is -0.437. The van der Waals surface area contributed by atoms with E-state index in [4.69, 9.17) is 4.74 Å². The maximum atomic E-state index is 11.8. The van der Waals surface area contributed by atoms with Crippen molar-refractivity contribution in [2.45, 2.75) is 77.5 Å². The summed E-state index contributed by atoms with van der Waals surface area (Å²) >= 11 is 0. The van der Waals surface area contributed by atoms with E-state index in [2.05, 4.69) is 41.8 Å². The minimum absolute atomic E-state index is 0.227. The molecule has 1 fully saturated rings. The van der Waals surface area contributed by atoms with Crippen molar-refractivity contribution in [2.75, 3.05) is 5.32 Å². The lowest BCUT2D eigenvalue weighted by molar-refractivity contribution is 0.0492. The molecule has 1 amide bonds. The van der Waals surface area contributed by atoms with Crippen molar-refractivity contribution >= 4 is 11.8 Å². The van der Waals surface area contributed by atoms with Gasteiger partial charge in [0.05, 0.1) is 0 Å². The standard InChI is InChI=1S/C19H30N2O2/c1-5-14-6-8-15(9-7-14)20-16-10-12-17(13-11-16)21-18(22)23-19(2,3)4/h6-9,16-17,20H,5,10-13H2,1-4H3,(H,21,22). The van der Waals surface area contributed by atoms with Crippen LogP contribution >= 0.6 is 0 Å². The van der Waals surface area contributed by atoms with Crippen LogP contribution < -0.4 is 10.6 Å². The third kappa shape index (κ3) is 6.12. The first-order valence-electron chi connectivity index (χ1n) is 8.70. The fraction of sp³-hybridized carbons (Fsp3) is 0.632. The van der Waals surface area contributed by atoms with Gasteiger partial charge in [-0.15, -0.1) is 0 Å². The van der Waals surface area contributed by atoms with Gasteiger partial charge in [-0.05, 0) is 70.6 Å². The Morgan fingerprint density at radius 2 is 1.65 bits per heavy atom. The van der Waals surface area contributed by atoms with Crippen LogP contribution in [0.1, 0.15) is 58.9 Å². The molecule has 0 saturated heterocycles. The smallest absolute Gasteiger partial charge is 0.407 e. The van der Waals surface area contributed by atoms with Crippen LogP contribution in [0.4, 0.5) is 10.5 Å². The fourth-order valence-electron chi connectivity index (χ4n) is 2.93. The van der Waals surface area contributed by atoms with Gasteiger partial charge in [-0.3, -0.25) is 0 Å². The van der Waals surface area contributed by atoms with Gasteiger partial charge in [0.1, 0.15) is 5.60 Å². The maximum Gasteiger partial charge on any atom is 0.407 e. The molecule has 2 N–H and O–H groups in total. The second kappa shape index (κ2) is 7.71. The molecule has 0 aromatic heterocycles. The fourth-order valence-corrected chi connectivity index (χ4v) is 2.93. The average molecular weight is 318 g/mol. The predicted octanol–water partition coefficient (Wildman–Crippen LogP) is 4.50. The van der Waals surface area contributed by atoms with Crippen molar-refractivity contribution in [3.8, 4) is 0 Å². The van der Waals surface area contributed by atoms with Gasteiger partial charge in [-0.2, -0.15) is 0 Å². The number of aryl methyl sites for hydroxylation is 1. The van der Waals surface area contributed by atoms with E-state index in [1.54, 1.807) is 0 Å². The molecule has 1 aliphatic carbocycles. The summed E-state index contributed by atoms with van der Waals surface area (Å²) in [6, 6.07) is 9.38. The van der Waals surface area contributed by atoms with Crippen LogP contribution in [0, 0.1) is 0 Å². The minimum Gasteiger partial charge on any atom is -0.444 e. The zero-order valence-corrected chi connectivity index (χ0v) is 14.8. The summed E-state index contributed by atoms with van der Waals surface area (Å²) in [7, 11) is 0. The number of benzene rings is 1. The van der Waals surface area contributed by atoms with Crippen molar-refractivity contribution in [1.29, 1.82) is 0 Å². The molecule has 0 aliphatic heterocycles. The van der Waals surface area contributed by atoms with Crippen LogP contribution in [0.15, 0.2) is 24.3 Å². The number of rotatable bonds is 4. The molecule has 0 unspecified atom stereocenters. The monoisotopic (exact) mass is 318 g/mol. The third-order valence-corrected chi connectivity index (χ3v) is 4.18. The number of ether oxygens (including phenoxy) is 1. The first kappa shape index (κ1) is 17.6. The van der Waals surface area contributed by atoms with E-state index in [-0.39, 0.29) is 12.1 Å².